The molecule has 2 saturated carbocycles. The number of fused-ring (bicyclic) bond motifs is 2. The number of hydrogen-bond donors (Lipinski definition) is 2. The zero-order valence-electron chi connectivity index (χ0n) is 34.6. The Morgan fingerprint density at radius 1 is 1.05 bits per heavy atom. The highest BCUT2D eigenvalue weighted by molar-refractivity contribution is 6.03. The Kier molecular flexibility index (Phi) is 14.5. The number of halogens is 1. The lowest BCUT2D eigenvalue weighted by molar-refractivity contribution is -0.255. The third-order valence-corrected chi connectivity index (χ3v) is 12.5. The fourth-order valence-corrected chi connectivity index (χ4v) is 9.76. The summed E-state index contributed by atoms with van der Waals surface area (Å²) in [6, 6.07) is 11.9. The second-order valence-electron chi connectivity index (χ2n) is 17.6. The van der Waals surface area contributed by atoms with Gasteiger partial charge in [0.25, 0.3) is 0 Å². The first-order valence-electron chi connectivity index (χ1n) is 21.4. The van der Waals surface area contributed by atoms with E-state index in [1.54, 1.807) is 24.3 Å². The van der Waals surface area contributed by atoms with Gasteiger partial charge >= 0.3 is 0 Å². The topological polar surface area (TPSA) is 110 Å². The van der Waals surface area contributed by atoms with Gasteiger partial charge in [-0.2, -0.15) is 0 Å². The number of rotatable bonds is 19. The van der Waals surface area contributed by atoms with E-state index < -0.39 is 23.3 Å². The van der Waals surface area contributed by atoms with Crippen molar-refractivity contribution in [3.8, 4) is 11.5 Å². The van der Waals surface area contributed by atoms with E-state index in [1.165, 1.54) is 31.7 Å². The van der Waals surface area contributed by atoms with E-state index in [9.17, 15) is 19.4 Å². The van der Waals surface area contributed by atoms with Crippen LogP contribution >= 0.6 is 0 Å². The molecule has 0 aromatic heterocycles. The molecule has 4 aliphatic rings. The molecule has 0 saturated heterocycles. The molecule has 312 valence electrons. The van der Waals surface area contributed by atoms with Crippen LogP contribution in [-0.4, -0.2) is 71.0 Å². The maximum Gasteiger partial charge on any atom is 0.239 e. The first-order chi connectivity index (χ1) is 27.5. The second kappa shape index (κ2) is 19.3. The standard InChI is InChI=1S/C47H65FN2O7/c1-6-27-55-47-42(50(5)43(53)24-21-32-15-7-8-16-32)30-40(49-57-46(2,3)4)37-28-33(17-11-13-25-51)36(19-12-14-26-52)44(45(37)47)38-29-35(22-23-41(38)56-47)54-31-34-18-9-10-20-39(34)48/h6,9-10,18,20,22-23,28-29,32-33,36,42,44-45,51-52H,1,7-8,11-17,19,21,24-27,30-31H2,2-5H3. The van der Waals surface area contributed by atoms with Crippen LogP contribution in [0, 0.1) is 29.5 Å². The molecule has 6 atom stereocenters. The van der Waals surface area contributed by atoms with E-state index in [1.807, 2.05) is 50.9 Å². The SMILES string of the molecule is C=CCOC12Oc3ccc(OCc4ccccc4F)cc3C3C(CCCCO)C(CCCCO)C=C(C(=NOC(C)(C)C)CC1N(C)C(=O)CCC1CCCC1)C32. The molecule has 0 radical (unpaired) electrons. The minimum Gasteiger partial charge on any atom is -0.489 e. The van der Waals surface area contributed by atoms with Gasteiger partial charge in [-0.15, -0.1) is 6.58 Å². The summed E-state index contributed by atoms with van der Waals surface area (Å²) in [5.74, 6) is -0.101. The smallest absolute Gasteiger partial charge is 0.239 e. The Balaban J connectivity index is 1.51. The van der Waals surface area contributed by atoms with Gasteiger partial charge in [0.15, 0.2) is 0 Å². The number of likely N-dealkylation sites (N-methyl/N-ethyl adjacent to an activating group) is 1. The van der Waals surface area contributed by atoms with E-state index in [0.29, 0.717) is 48.7 Å². The fraction of sp³-hybridized carbons (Fsp3) is 0.617. The van der Waals surface area contributed by atoms with Crippen molar-refractivity contribution >= 4 is 11.6 Å². The molecule has 2 fully saturated rings. The average Bonchev–Trinajstić information content (AvgIpc) is 3.72. The molecule has 3 aliphatic carbocycles. The Bertz CT molecular complexity index is 1730. The zero-order valence-corrected chi connectivity index (χ0v) is 34.6. The number of carbonyl (C=O) groups excluding carboxylic acids is 1. The van der Waals surface area contributed by atoms with E-state index in [4.69, 9.17) is 24.2 Å². The van der Waals surface area contributed by atoms with Crippen molar-refractivity contribution in [3.05, 3.63) is 83.7 Å². The predicted molar refractivity (Wildman–Crippen MR) is 220 cm³/mol. The number of hydrogen-bond acceptors (Lipinski definition) is 8. The Morgan fingerprint density at radius 2 is 1.79 bits per heavy atom. The lowest BCUT2D eigenvalue weighted by atomic mass is 9.55. The van der Waals surface area contributed by atoms with Gasteiger partial charge < -0.3 is 34.2 Å². The Labute approximate surface area is 339 Å². The van der Waals surface area contributed by atoms with Gasteiger partial charge in [-0.1, -0.05) is 74.0 Å². The van der Waals surface area contributed by atoms with E-state index in [2.05, 4.69) is 12.7 Å². The number of aliphatic hydroxyl groups excluding tert-OH is 2. The Hall–Kier alpha value is -3.73. The monoisotopic (exact) mass is 788 g/mol. The van der Waals surface area contributed by atoms with Crippen molar-refractivity contribution in [2.75, 3.05) is 26.9 Å². The molecule has 9 nitrogen and oxygen atoms in total. The number of allylic oxidation sites excluding steroid dienone is 1. The molecule has 6 unspecified atom stereocenters. The predicted octanol–water partition coefficient (Wildman–Crippen LogP) is 9.27. The molecule has 57 heavy (non-hydrogen) atoms. The van der Waals surface area contributed by atoms with Crippen molar-refractivity contribution < 1.29 is 38.4 Å². The summed E-state index contributed by atoms with van der Waals surface area (Å²) in [6.45, 7) is 10.4. The largest absolute Gasteiger partial charge is 0.489 e. The van der Waals surface area contributed by atoms with Gasteiger partial charge in [-0.3, -0.25) is 4.79 Å². The lowest BCUT2D eigenvalue weighted by Gasteiger charge is -2.59. The van der Waals surface area contributed by atoms with Crippen molar-refractivity contribution in [1.82, 2.24) is 4.90 Å². The molecule has 2 aromatic carbocycles. The molecule has 0 spiro atoms. The number of carbonyl (C=O) groups is 1. The maximum atomic E-state index is 14.7. The highest BCUT2D eigenvalue weighted by Gasteiger charge is 2.65. The summed E-state index contributed by atoms with van der Waals surface area (Å²) >= 11 is 0. The second-order valence-corrected chi connectivity index (χ2v) is 17.6. The molecule has 2 N–H and O–H groups in total. The van der Waals surface area contributed by atoms with E-state index in [0.717, 1.165) is 49.0 Å². The van der Waals surface area contributed by atoms with Gasteiger partial charge in [0.2, 0.25) is 11.7 Å². The Morgan fingerprint density at radius 3 is 2.49 bits per heavy atom. The average molecular weight is 789 g/mol. The third-order valence-electron chi connectivity index (χ3n) is 12.5. The fourth-order valence-electron chi connectivity index (χ4n) is 9.76. The minimum absolute atomic E-state index is 0.0528. The number of benzene rings is 2. The van der Waals surface area contributed by atoms with Crippen LogP contribution in [0.4, 0.5) is 4.39 Å². The van der Waals surface area contributed by atoms with Gasteiger partial charge in [-0.25, -0.2) is 4.39 Å². The van der Waals surface area contributed by atoms with Gasteiger partial charge in [-0.05, 0) is 100 Å². The number of aliphatic hydroxyl groups is 2. The summed E-state index contributed by atoms with van der Waals surface area (Å²) in [7, 11) is 1.88. The lowest BCUT2D eigenvalue weighted by Crippen LogP contribution is -2.69. The summed E-state index contributed by atoms with van der Waals surface area (Å²) in [5, 5.41) is 24.6. The molecule has 0 bridgehead atoms. The van der Waals surface area contributed by atoms with Crippen LogP contribution in [0.15, 0.2) is 71.9 Å². The molecule has 1 aliphatic heterocycles. The first-order valence-corrected chi connectivity index (χ1v) is 21.4. The molecule has 1 amide bonds. The molecule has 1 heterocycles. The van der Waals surface area contributed by atoms with Crippen LogP contribution in [0.3, 0.4) is 0 Å². The van der Waals surface area contributed by atoms with Crippen LogP contribution in [0.5, 0.6) is 11.5 Å². The number of oxime groups is 1. The van der Waals surface area contributed by atoms with Crippen LogP contribution < -0.4 is 9.47 Å². The molecule has 10 heteroatoms. The number of ether oxygens (including phenoxy) is 3. The first kappa shape index (κ1) is 42.9. The van der Waals surface area contributed by atoms with Crippen LogP contribution in [0.2, 0.25) is 0 Å². The zero-order chi connectivity index (χ0) is 40.6. The number of unbranched alkanes of at least 4 members (excludes halogenated alkanes) is 2. The summed E-state index contributed by atoms with van der Waals surface area (Å²) in [4.78, 5) is 22.4. The molecular formula is C47H65FN2O7. The molecule has 6 rings (SSSR count). The van der Waals surface area contributed by atoms with E-state index >= 15 is 0 Å². The summed E-state index contributed by atoms with van der Waals surface area (Å²) < 4.78 is 35.3. The van der Waals surface area contributed by atoms with Crippen molar-refractivity contribution in [2.24, 2.45) is 28.8 Å². The van der Waals surface area contributed by atoms with Crippen LogP contribution in [0.25, 0.3) is 0 Å². The quantitative estimate of drug-likeness (QED) is 0.0830. The van der Waals surface area contributed by atoms with Crippen molar-refractivity contribution in [1.29, 1.82) is 0 Å². The maximum absolute atomic E-state index is 14.7. The van der Waals surface area contributed by atoms with Crippen molar-refractivity contribution in [2.45, 2.75) is 134 Å². The molecule has 2 aromatic rings. The highest BCUT2D eigenvalue weighted by atomic mass is 19.1. The van der Waals surface area contributed by atoms with Crippen LogP contribution in [-0.2, 0) is 21.0 Å². The number of amides is 1. The van der Waals surface area contributed by atoms with Gasteiger partial charge in [0.05, 0.1) is 18.2 Å². The summed E-state index contributed by atoms with van der Waals surface area (Å²) in [5.41, 5.74) is 2.64. The minimum atomic E-state index is -1.29. The number of nitrogens with zero attached hydrogens (tertiary/aromatic N) is 2. The van der Waals surface area contributed by atoms with Crippen LogP contribution in [0.1, 0.15) is 121 Å². The van der Waals surface area contributed by atoms with E-state index in [-0.39, 0.29) is 55.9 Å². The molecular weight excluding hydrogens is 724 g/mol. The van der Waals surface area contributed by atoms with Gasteiger partial charge in [0.1, 0.15) is 35.6 Å². The summed E-state index contributed by atoms with van der Waals surface area (Å²) in [6.07, 6.45) is 15.3. The normalized spacial score (nSPS) is 26.3. The van der Waals surface area contributed by atoms with Crippen molar-refractivity contribution in [3.63, 3.8) is 0 Å². The van der Waals surface area contributed by atoms with Gasteiger partial charge in [0, 0.05) is 50.1 Å². The highest BCUT2D eigenvalue weighted by Crippen LogP contribution is 2.62. The third kappa shape index (κ3) is 9.94.